The van der Waals surface area contributed by atoms with E-state index in [1.54, 1.807) is 0 Å². The van der Waals surface area contributed by atoms with Crippen molar-refractivity contribution < 1.29 is 24.2 Å². The van der Waals surface area contributed by atoms with E-state index in [9.17, 15) is 14.4 Å². The topological polar surface area (TPSA) is 117 Å². The highest BCUT2D eigenvalue weighted by molar-refractivity contribution is 7.80. The number of alkyl carbamates (subject to hydrolysis) is 1. The maximum Gasteiger partial charge on any atom is 0.407 e. The molecular weight excluding hydrogens is 382 g/mol. The Hall–Kier alpha value is -2.26. The van der Waals surface area contributed by atoms with Gasteiger partial charge in [-0.2, -0.15) is 12.6 Å². The normalized spacial score (nSPS) is 12.9. The number of thiol groups is 1. The van der Waals surface area contributed by atoms with E-state index in [-0.39, 0.29) is 24.2 Å². The summed E-state index contributed by atoms with van der Waals surface area (Å²) < 4.78 is 5.11. The smallest absolute Gasteiger partial charge is 0.407 e. The molecule has 4 N–H and O–H groups in total. The minimum absolute atomic E-state index is 0.0148. The van der Waals surface area contributed by atoms with Gasteiger partial charge in [0.05, 0.1) is 6.04 Å². The van der Waals surface area contributed by atoms with Crippen molar-refractivity contribution in [2.45, 2.75) is 39.0 Å². The highest BCUT2D eigenvalue weighted by atomic mass is 32.1. The van der Waals surface area contributed by atoms with Gasteiger partial charge in [0.15, 0.2) is 0 Å². The van der Waals surface area contributed by atoms with E-state index in [4.69, 9.17) is 9.84 Å². The second-order valence-corrected chi connectivity index (χ2v) is 6.97. The van der Waals surface area contributed by atoms with Crippen LogP contribution in [0.1, 0.15) is 25.8 Å². The summed E-state index contributed by atoms with van der Waals surface area (Å²) in [6.45, 7) is 4.81. The van der Waals surface area contributed by atoms with Crippen molar-refractivity contribution in [2.75, 3.05) is 18.8 Å². The van der Waals surface area contributed by atoms with Gasteiger partial charge in [0.25, 0.3) is 0 Å². The van der Waals surface area contributed by atoms with Gasteiger partial charge in [-0.05, 0) is 24.4 Å². The first-order valence-electron chi connectivity index (χ1n) is 9.17. The van der Waals surface area contributed by atoms with Crippen LogP contribution >= 0.6 is 12.6 Å². The van der Waals surface area contributed by atoms with Crippen molar-refractivity contribution >= 4 is 30.6 Å². The van der Waals surface area contributed by atoms with Gasteiger partial charge < -0.3 is 25.8 Å². The minimum Gasteiger partial charge on any atom is -0.480 e. The Morgan fingerprint density at radius 3 is 2.39 bits per heavy atom. The molecule has 0 spiro atoms. The highest BCUT2D eigenvalue weighted by Gasteiger charge is 2.26. The van der Waals surface area contributed by atoms with Crippen LogP contribution in [0.2, 0.25) is 0 Å². The summed E-state index contributed by atoms with van der Waals surface area (Å²) in [4.78, 5) is 35.0. The molecule has 9 heteroatoms. The Bertz CT molecular complexity index is 627. The number of amides is 2. The van der Waals surface area contributed by atoms with Crippen molar-refractivity contribution in [3.63, 3.8) is 0 Å². The molecule has 0 aromatic heterocycles. The Morgan fingerprint density at radius 2 is 1.82 bits per heavy atom. The van der Waals surface area contributed by atoms with Gasteiger partial charge in [0, 0.05) is 12.3 Å². The van der Waals surface area contributed by atoms with Crippen LogP contribution in [0.5, 0.6) is 0 Å². The summed E-state index contributed by atoms with van der Waals surface area (Å²) in [5.41, 5.74) is 0.908. The maximum atomic E-state index is 12.3. The SMILES string of the molecule is CC(C)[C@H](NCCCNC(=O)OCc1ccccc1)C(=O)N[C@@H](CS)C(=O)O. The highest BCUT2D eigenvalue weighted by Crippen LogP contribution is 2.03. The molecule has 1 aromatic carbocycles. The van der Waals surface area contributed by atoms with Crippen LogP contribution < -0.4 is 16.0 Å². The fraction of sp³-hybridized carbons (Fsp3) is 0.526. The van der Waals surface area contributed by atoms with Crippen molar-refractivity contribution in [3.05, 3.63) is 35.9 Å². The number of ether oxygens (including phenoxy) is 1. The summed E-state index contributed by atoms with van der Waals surface area (Å²) in [5, 5.41) is 17.2. The summed E-state index contributed by atoms with van der Waals surface area (Å²) in [6.07, 6.45) is 0.0892. The quantitative estimate of drug-likeness (QED) is 0.262. The van der Waals surface area contributed by atoms with Crippen LogP contribution in [-0.2, 0) is 20.9 Å². The van der Waals surface area contributed by atoms with Gasteiger partial charge in [-0.1, -0.05) is 44.2 Å². The Labute approximate surface area is 170 Å². The van der Waals surface area contributed by atoms with E-state index in [0.717, 1.165) is 5.56 Å². The standard InChI is InChI=1S/C19H29N3O5S/c1-13(2)16(17(23)22-15(12-28)18(24)25)20-9-6-10-21-19(26)27-11-14-7-4-3-5-8-14/h3-5,7-8,13,15-16,20,28H,6,9-12H2,1-2H3,(H,21,26)(H,22,23)(H,24,25)/t15-,16-/m0/s1. The third-order valence-corrected chi connectivity index (χ3v) is 4.31. The maximum absolute atomic E-state index is 12.3. The molecule has 0 saturated heterocycles. The summed E-state index contributed by atoms with van der Waals surface area (Å²) in [5.74, 6) is -1.52. The van der Waals surface area contributed by atoms with Gasteiger partial charge in [-0.3, -0.25) is 4.79 Å². The summed E-state index contributed by atoms with van der Waals surface area (Å²) in [7, 11) is 0. The number of hydrogen-bond donors (Lipinski definition) is 5. The first kappa shape index (κ1) is 23.8. The molecule has 1 rings (SSSR count). The Kier molecular flexibility index (Phi) is 11.0. The molecule has 0 saturated carbocycles. The number of carbonyl (C=O) groups excluding carboxylic acids is 2. The number of carboxylic acids is 1. The molecule has 8 nitrogen and oxygen atoms in total. The monoisotopic (exact) mass is 411 g/mol. The molecule has 0 aliphatic heterocycles. The number of carbonyl (C=O) groups is 3. The van der Waals surface area contributed by atoms with E-state index in [1.807, 2.05) is 44.2 Å². The number of rotatable bonds is 12. The zero-order valence-corrected chi connectivity index (χ0v) is 17.1. The number of benzene rings is 1. The Morgan fingerprint density at radius 1 is 1.14 bits per heavy atom. The molecule has 2 amide bonds. The van der Waals surface area contributed by atoms with Gasteiger partial charge in [-0.15, -0.1) is 0 Å². The lowest BCUT2D eigenvalue weighted by Gasteiger charge is -2.23. The van der Waals surface area contributed by atoms with Crippen LogP contribution in [0, 0.1) is 5.92 Å². The number of hydrogen-bond acceptors (Lipinski definition) is 6. The van der Waals surface area contributed by atoms with E-state index in [2.05, 4.69) is 28.6 Å². The number of carboxylic acid groups (broad SMARTS) is 1. The van der Waals surface area contributed by atoms with Crippen LogP contribution in [0.4, 0.5) is 4.79 Å². The Balaban J connectivity index is 2.28. The first-order valence-corrected chi connectivity index (χ1v) is 9.80. The molecule has 0 heterocycles. The zero-order valence-electron chi connectivity index (χ0n) is 16.2. The predicted molar refractivity (Wildman–Crippen MR) is 109 cm³/mol. The second kappa shape index (κ2) is 13.0. The summed E-state index contributed by atoms with van der Waals surface area (Å²) in [6, 6.07) is 7.82. The lowest BCUT2D eigenvalue weighted by molar-refractivity contribution is -0.141. The van der Waals surface area contributed by atoms with Crippen molar-refractivity contribution in [1.29, 1.82) is 0 Å². The third-order valence-electron chi connectivity index (χ3n) is 3.95. The minimum atomic E-state index is -1.12. The second-order valence-electron chi connectivity index (χ2n) is 6.60. The van der Waals surface area contributed by atoms with Gasteiger partial charge >= 0.3 is 12.1 Å². The molecule has 0 radical (unpaired) electrons. The fourth-order valence-electron chi connectivity index (χ4n) is 2.39. The van der Waals surface area contributed by atoms with Crippen molar-refractivity contribution in [1.82, 2.24) is 16.0 Å². The number of aliphatic carboxylic acids is 1. The van der Waals surface area contributed by atoms with Gasteiger partial charge in [0.2, 0.25) is 5.91 Å². The average molecular weight is 412 g/mol. The van der Waals surface area contributed by atoms with E-state index in [1.165, 1.54) is 0 Å². The number of nitrogens with one attached hydrogen (secondary N) is 3. The van der Waals surface area contributed by atoms with Crippen LogP contribution in [0.3, 0.4) is 0 Å². The molecule has 0 aliphatic rings. The van der Waals surface area contributed by atoms with E-state index < -0.39 is 24.1 Å². The first-order chi connectivity index (χ1) is 13.3. The lowest BCUT2D eigenvalue weighted by atomic mass is 10.0. The largest absolute Gasteiger partial charge is 0.480 e. The third kappa shape index (κ3) is 9.09. The van der Waals surface area contributed by atoms with Crippen LogP contribution in [-0.4, -0.2) is 54.0 Å². The average Bonchev–Trinajstić information content (AvgIpc) is 2.67. The van der Waals surface area contributed by atoms with E-state index >= 15 is 0 Å². The molecule has 156 valence electrons. The van der Waals surface area contributed by atoms with Crippen LogP contribution in [0.15, 0.2) is 30.3 Å². The fourth-order valence-corrected chi connectivity index (χ4v) is 2.64. The molecular formula is C19H29N3O5S. The molecule has 0 unspecified atom stereocenters. The van der Waals surface area contributed by atoms with Crippen LogP contribution in [0.25, 0.3) is 0 Å². The summed E-state index contributed by atoms with van der Waals surface area (Å²) >= 11 is 3.94. The van der Waals surface area contributed by atoms with Crippen molar-refractivity contribution in [3.8, 4) is 0 Å². The lowest BCUT2D eigenvalue weighted by Crippen LogP contribution is -2.53. The predicted octanol–water partition coefficient (Wildman–Crippen LogP) is 1.42. The molecule has 2 atom stereocenters. The van der Waals surface area contributed by atoms with E-state index in [0.29, 0.717) is 19.5 Å². The molecule has 1 aromatic rings. The van der Waals surface area contributed by atoms with Crippen molar-refractivity contribution in [2.24, 2.45) is 5.92 Å². The molecule has 28 heavy (non-hydrogen) atoms. The molecule has 0 aliphatic carbocycles. The van der Waals surface area contributed by atoms with Gasteiger partial charge in [0.1, 0.15) is 12.6 Å². The molecule has 0 bridgehead atoms. The molecule has 0 fully saturated rings. The van der Waals surface area contributed by atoms with Gasteiger partial charge in [-0.25, -0.2) is 9.59 Å². The zero-order chi connectivity index (χ0) is 20.9.